The average Bonchev–Trinajstić information content (AvgIpc) is 2.50. The van der Waals surface area contributed by atoms with Crippen molar-refractivity contribution < 1.29 is 18.7 Å². The molecule has 2 rings (SSSR count). The highest BCUT2D eigenvalue weighted by atomic mass is 19.1. The summed E-state index contributed by atoms with van der Waals surface area (Å²) in [5, 5.41) is 5.99. The van der Waals surface area contributed by atoms with Crippen molar-refractivity contribution >= 4 is 5.97 Å². The number of rotatable bonds is 4. The Bertz CT molecular complexity index is 727. The van der Waals surface area contributed by atoms with E-state index in [1.165, 1.54) is 31.4 Å². The van der Waals surface area contributed by atoms with Crippen molar-refractivity contribution in [2.24, 2.45) is 0 Å². The molecule has 0 unspecified atom stereocenters. The highest BCUT2D eigenvalue weighted by molar-refractivity contribution is 5.89. The number of H-pyrrole nitrogens is 1. The highest BCUT2D eigenvalue weighted by Crippen LogP contribution is 2.25. The van der Waals surface area contributed by atoms with Gasteiger partial charge in [0, 0.05) is 11.6 Å². The van der Waals surface area contributed by atoms with E-state index < -0.39 is 18.2 Å². The fourth-order valence-electron chi connectivity index (χ4n) is 1.70. The molecule has 1 N–H and O–H groups in total. The fourth-order valence-corrected chi connectivity index (χ4v) is 1.70. The van der Waals surface area contributed by atoms with Gasteiger partial charge in [-0.15, -0.1) is 0 Å². The number of nitrogens with one attached hydrogen (secondary N) is 1. The molecule has 0 bridgehead atoms. The lowest BCUT2D eigenvalue weighted by Gasteiger charge is -2.10. The van der Waals surface area contributed by atoms with Crippen molar-refractivity contribution in [3.63, 3.8) is 0 Å². The number of hydrogen-bond acceptors (Lipinski definition) is 5. The summed E-state index contributed by atoms with van der Waals surface area (Å²) < 4.78 is 23.1. The van der Waals surface area contributed by atoms with Crippen LogP contribution in [0.5, 0.6) is 11.5 Å². The molecule has 0 aliphatic carbocycles. The molecule has 0 radical (unpaired) electrons. The summed E-state index contributed by atoms with van der Waals surface area (Å²) in [6.45, 7) is 0.835. The van der Waals surface area contributed by atoms with Crippen LogP contribution in [0.25, 0.3) is 0 Å². The molecule has 110 valence electrons. The van der Waals surface area contributed by atoms with E-state index in [-0.39, 0.29) is 22.6 Å². The van der Waals surface area contributed by atoms with Gasteiger partial charge in [-0.1, -0.05) is 0 Å². The number of carbonyl (C=O) groups excluding carboxylic acids is 1. The van der Waals surface area contributed by atoms with Gasteiger partial charge in [-0.25, -0.2) is 14.3 Å². The van der Waals surface area contributed by atoms with E-state index in [4.69, 9.17) is 4.74 Å². The van der Waals surface area contributed by atoms with E-state index in [0.29, 0.717) is 5.69 Å². The number of alkyl halides is 1. The lowest BCUT2D eigenvalue weighted by Crippen LogP contribution is -2.11. The molecule has 6 nitrogen and oxygen atoms in total. The molecule has 21 heavy (non-hydrogen) atoms. The van der Waals surface area contributed by atoms with E-state index in [9.17, 15) is 14.0 Å². The van der Waals surface area contributed by atoms with Crippen molar-refractivity contribution in [2.75, 3.05) is 7.11 Å². The third kappa shape index (κ3) is 3.25. The van der Waals surface area contributed by atoms with E-state index in [1.807, 2.05) is 0 Å². The number of aromatic nitrogens is 2. The smallest absolute Gasteiger partial charge is 0.337 e. The van der Waals surface area contributed by atoms with Crippen LogP contribution in [-0.4, -0.2) is 23.3 Å². The summed E-state index contributed by atoms with van der Waals surface area (Å²) >= 11 is 0. The Balaban J connectivity index is 2.38. The van der Waals surface area contributed by atoms with Gasteiger partial charge < -0.3 is 9.47 Å². The minimum Gasteiger partial charge on any atom is -0.465 e. The first-order valence-corrected chi connectivity index (χ1v) is 6.06. The first kappa shape index (κ1) is 14.7. The zero-order chi connectivity index (χ0) is 15.4. The van der Waals surface area contributed by atoms with Gasteiger partial charge in [0.15, 0.2) is 5.75 Å². The average molecular weight is 292 g/mol. The summed E-state index contributed by atoms with van der Waals surface area (Å²) in [4.78, 5) is 23.0. The first-order valence-electron chi connectivity index (χ1n) is 6.06. The summed E-state index contributed by atoms with van der Waals surface area (Å²) in [6.07, 6.45) is 0. The lowest BCUT2D eigenvalue weighted by molar-refractivity contribution is 0.0600. The predicted molar refractivity (Wildman–Crippen MR) is 72.3 cm³/mol. The van der Waals surface area contributed by atoms with Crippen LogP contribution in [0, 0.1) is 6.92 Å². The van der Waals surface area contributed by atoms with Gasteiger partial charge in [-0.05, 0) is 25.1 Å². The van der Waals surface area contributed by atoms with Crippen LogP contribution in [0.3, 0.4) is 0 Å². The van der Waals surface area contributed by atoms with Gasteiger partial charge in [-0.2, -0.15) is 5.10 Å². The zero-order valence-corrected chi connectivity index (χ0v) is 11.5. The topological polar surface area (TPSA) is 81.3 Å². The van der Waals surface area contributed by atoms with Crippen LogP contribution in [0.2, 0.25) is 0 Å². The Hall–Kier alpha value is -2.70. The molecule has 7 heteroatoms. The number of benzene rings is 1. The minimum absolute atomic E-state index is 0.00279. The Morgan fingerprint density at radius 2 is 2.10 bits per heavy atom. The third-order valence-corrected chi connectivity index (χ3v) is 2.74. The number of ether oxygens (including phenoxy) is 2. The van der Waals surface area contributed by atoms with Crippen LogP contribution in [-0.2, 0) is 11.4 Å². The minimum atomic E-state index is -0.845. The number of esters is 1. The second kappa shape index (κ2) is 6.17. The Morgan fingerprint density at radius 1 is 1.33 bits per heavy atom. The van der Waals surface area contributed by atoms with Crippen molar-refractivity contribution in [3.05, 3.63) is 51.4 Å². The van der Waals surface area contributed by atoms with Crippen molar-refractivity contribution in [1.82, 2.24) is 10.2 Å². The second-order valence-corrected chi connectivity index (χ2v) is 4.25. The molecule has 0 saturated heterocycles. The number of aryl methyl sites for hydroxylation is 1. The maximum Gasteiger partial charge on any atom is 0.337 e. The molecule has 0 amide bonds. The number of nitrogens with zero attached hydrogens (tertiary/aromatic N) is 1. The van der Waals surface area contributed by atoms with Crippen molar-refractivity contribution in [1.29, 1.82) is 0 Å². The van der Waals surface area contributed by atoms with Gasteiger partial charge >= 0.3 is 11.5 Å². The van der Waals surface area contributed by atoms with E-state index in [1.54, 1.807) is 6.92 Å². The van der Waals surface area contributed by atoms with Gasteiger partial charge in [-0.3, -0.25) is 4.79 Å². The summed E-state index contributed by atoms with van der Waals surface area (Å²) in [5.41, 5.74) is 0.379. The summed E-state index contributed by atoms with van der Waals surface area (Å²) in [5.74, 6) is -0.418. The molecule has 2 aromatic rings. The maximum absolute atomic E-state index is 13.1. The standard InChI is InChI=1S/C14H13FN2O4/c1-8-5-12(13(18)17-16-8)21-11-4-3-9(14(19)20-2)6-10(11)7-15/h3-6H,7H2,1-2H3,(H,17,18). The Labute approximate surface area is 119 Å². The number of carbonyl (C=O) groups is 1. The fraction of sp³-hybridized carbons (Fsp3) is 0.214. The number of halogens is 1. The molecule has 0 fully saturated rings. The van der Waals surface area contributed by atoms with Gasteiger partial charge in [0.25, 0.3) is 0 Å². The monoisotopic (exact) mass is 292 g/mol. The first-order chi connectivity index (χ1) is 10.0. The molecule has 1 aromatic carbocycles. The van der Waals surface area contributed by atoms with Crippen molar-refractivity contribution in [3.8, 4) is 11.5 Å². The van der Waals surface area contributed by atoms with Crippen LogP contribution < -0.4 is 10.3 Å². The molecule has 1 aromatic heterocycles. The highest BCUT2D eigenvalue weighted by Gasteiger charge is 2.13. The lowest BCUT2D eigenvalue weighted by atomic mass is 10.1. The number of methoxy groups -OCH3 is 1. The largest absolute Gasteiger partial charge is 0.465 e. The van der Waals surface area contributed by atoms with Crippen LogP contribution in [0.4, 0.5) is 4.39 Å². The Kier molecular flexibility index (Phi) is 4.32. The van der Waals surface area contributed by atoms with E-state index in [0.717, 1.165) is 0 Å². The maximum atomic E-state index is 13.1. The molecular formula is C14H13FN2O4. The molecule has 0 aliphatic heterocycles. The van der Waals surface area contributed by atoms with E-state index >= 15 is 0 Å². The van der Waals surface area contributed by atoms with Gasteiger partial charge in [0.05, 0.1) is 18.4 Å². The molecule has 0 aliphatic rings. The third-order valence-electron chi connectivity index (χ3n) is 2.74. The molecule has 1 heterocycles. The Morgan fingerprint density at radius 3 is 2.76 bits per heavy atom. The molecule has 0 atom stereocenters. The second-order valence-electron chi connectivity index (χ2n) is 4.25. The quantitative estimate of drug-likeness (QED) is 0.873. The predicted octanol–water partition coefficient (Wildman–Crippen LogP) is 2.13. The number of aromatic amines is 1. The van der Waals surface area contributed by atoms with Crippen LogP contribution in [0.15, 0.2) is 29.1 Å². The van der Waals surface area contributed by atoms with Gasteiger partial charge in [0.1, 0.15) is 12.4 Å². The molecule has 0 saturated carbocycles. The van der Waals surface area contributed by atoms with Gasteiger partial charge in [0.2, 0.25) is 0 Å². The molecule has 0 spiro atoms. The van der Waals surface area contributed by atoms with Crippen LogP contribution >= 0.6 is 0 Å². The van der Waals surface area contributed by atoms with E-state index in [2.05, 4.69) is 14.9 Å². The normalized spacial score (nSPS) is 10.2. The SMILES string of the molecule is COC(=O)c1ccc(Oc2cc(C)n[nH]c2=O)c(CF)c1. The molecular weight excluding hydrogens is 279 g/mol. The number of hydrogen-bond donors (Lipinski definition) is 1. The zero-order valence-electron chi connectivity index (χ0n) is 11.5. The summed E-state index contributed by atoms with van der Waals surface area (Å²) in [6, 6.07) is 5.61. The van der Waals surface area contributed by atoms with Crippen molar-refractivity contribution in [2.45, 2.75) is 13.6 Å². The van der Waals surface area contributed by atoms with Crippen LogP contribution in [0.1, 0.15) is 21.6 Å². The summed E-state index contributed by atoms with van der Waals surface area (Å²) in [7, 11) is 1.24.